The molecule has 2 unspecified atom stereocenters. The molecular weight excluding hydrogens is 212 g/mol. The fraction of sp³-hybridized carbons (Fsp3) is 0.800. The van der Waals surface area contributed by atoms with E-state index in [9.17, 15) is 0 Å². The van der Waals surface area contributed by atoms with E-state index in [4.69, 9.17) is 18.3 Å². The molecule has 15 heavy (non-hydrogen) atoms. The Morgan fingerprint density at radius 1 is 1.33 bits per heavy atom. The molecule has 0 saturated carbocycles. The average molecular weight is 234 g/mol. The zero-order chi connectivity index (χ0) is 11.7. The van der Waals surface area contributed by atoms with Crippen molar-refractivity contribution in [3.63, 3.8) is 0 Å². The fourth-order valence-corrected chi connectivity index (χ4v) is 2.71. The molecule has 0 bridgehead atoms. The van der Waals surface area contributed by atoms with Gasteiger partial charge in [0.15, 0.2) is 6.29 Å². The summed E-state index contributed by atoms with van der Waals surface area (Å²) in [4.78, 5) is 0. The molecule has 90 valence electrons. The van der Waals surface area contributed by atoms with Crippen LogP contribution in [-0.4, -0.2) is 35.9 Å². The summed E-state index contributed by atoms with van der Waals surface area (Å²) < 4.78 is 21.3. The van der Waals surface area contributed by atoms with Crippen molar-refractivity contribution in [1.29, 1.82) is 0 Å². The van der Waals surface area contributed by atoms with Gasteiger partial charge >= 0.3 is 9.28 Å². The van der Waals surface area contributed by atoms with Crippen molar-refractivity contribution < 1.29 is 18.3 Å². The van der Waals surface area contributed by atoms with Crippen LogP contribution in [0.15, 0.2) is 12.8 Å². The van der Waals surface area contributed by atoms with Gasteiger partial charge in [0.25, 0.3) is 0 Å². The van der Waals surface area contributed by atoms with E-state index < -0.39 is 9.28 Å². The van der Waals surface area contributed by atoms with Crippen LogP contribution >= 0.6 is 0 Å². The third kappa shape index (κ3) is 6.67. The fourth-order valence-electron chi connectivity index (χ4n) is 1.26. The highest BCUT2D eigenvalue weighted by molar-refractivity contribution is 6.44. The van der Waals surface area contributed by atoms with Crippen molar-refractivity contribution in [3.05, 3.63) is 12.8 Å². The smallest absolute Gasteiger partial charge is 0.323 e. The molecule has 0 fully saturated rings. The zero-order valence-electron chi connectivity index (χ0n) is 10.1. The highest BCUT2D eigenvalue weighted by atomic mass is 28.3. The van der Waals surface area contributed by atoms with Gasteiger partial charge < -0.3 is 18.3 Å². The number of hydrogen-bond donors (Lipinski definition) is 0. The maximum absolute atomic E-state index is 5.66. The summed E-state index contributed by atoms with van der Waals surface area (Å²) in [5, 5.41) is 0. The first-order valence-electron chi connectivity index (χ1n) is 5.15. The van der Waals surface area contributed by atoms with Crippen molar-refractivity contribution in [2.45, 2.75) is 38.7 Å². The van der Waals surface area contributed by atoms with Crippen molar-refractivity contribution >= 4 is 9.28 Å². The molecular formula is C10H22O4Si. The van der Waals surface area contributed by atoms with Gasteiger partial charge in [0.1, 0.15) is 0 Å². The van der Waals surface area contributed by atoms with Gasteiger partial charge in [-0.25, -0.2) is 0 Å². The maximum Gasteiger partial charge on any atom is 0.323 e. The quantitative estimate of drug-likeness (QED) is 0.346. The van der Waals surface area contributed by atoms with Crippen molar-refractivity contribution in [3.8, 4) is 0 Å². The lowest BCUT2D eigenvalue weighted by molar-refractivity contribution is -0.125. The normalized spacial score (nSPS) is 15.0. The lowest BCUT2D eigenvalue weighted by Gasteiger charge is -2.22. The van der Waals surface area contributed by atoms with Crippen LogP contribution in [0.25, 0.3) is 0 Å². The summed E-state index contributed by atoms with van der Waals surface area (Å²) in [5.74, 6) is 0. The summed E-state index contributed by atoms with van der Waals surface area (Å²) in [7, 11) is 1.80. The molecule has 4 nitrogen and oxygen atoms in total. The second-order valence-corrected chi connectivity index (χ2v) is 5.45. The first-order chi connectivity index (χ1) is 7.17. The minimum Gasteiger partial charge on any atom is -0.473 e. The molecule has 0 aliphatic rings. The van der Waals surface area contributed by atoms with Gasteiger partial charge in [0.05, 0.1) is 12.4 Å². The topological polar surface area (TPSA) is 36.9 Å². The Bertz CT molecular complexity index is 162. The van der Waals surface area contributed by atoms with Crippen LogP contribution in [0.4, 0.5) is 0 Å². The van der Waals surface area contributed by atoms with Gasteiger partial charge in [0, 0.05) is 20.3 Å². The molecule has 2 atom stereocenters. The van der Waals surface area contributed by atoms with E-state index in [-0.39, 0.29) is 12.4 Å². The summed E-state index contributed by atoms with van der Waals surface area (Å²) in [6.07, 6.45) is 2.16. The summed E-state index contributed by atoms with van der Waals surface area (Å²) >= 11 is 0. The van der Waals surface area contributed by atoms with Crippen LogP contribution in [0.3, 0.4) is 0 Å². The molecule has 0 N–H and O–H groups in total. The van der Waals surface area contributed by atoms with Crippen LogP contribution < -0.4 is 0 Å². The lowest BCUT2D eigenvalue weighted by Crippen LogP contribution is -2.29. The van der Waals surface area contributed by atoms with Gasteiger partial charge in [-0.2, -0.15) is 0 Å². The Morgan fingerprint density at radius 2 is 1.93 bits per heavy atom. The Balaban J connectivity index is 3.95. The number of rotatable bonds is 9. The minimum atomic E-state index is -1.55. The van der Waals surface area contributed by atoms with Gasteiger partial charge in [0.2, 0.25) is 0 Å². The van der Waals surface area contributed by atoms with Crippen LogP contribution in [0.1, 0.15) is 20.3 Å². The molecule has 0 heterocycles. The van der Waals surface area contributed by atoms with Crippen LogP contribution in [0, 0.1) is 0 Å². The van der Waals surface area contributed by atoms with E-state index in [2.05, 4.69) is 13.5 Å². The number of ether oxygens (including phenoxy) is 2. The first kappa shape index (κ1) is 14.6. The largest absolute Gasteiger partial charge is 0.473 e. The molecule has 0 aliphatic heterocycles. The van der Waals surface area contributed by atoms with Gasteiger partial charge in [-0.1, -0.05) is 13.5 Å². The Morgan fingerprint density at radius 3 is 2.33 bits per heavy atom. The van der Waals surface area contributed by atoms with Gasteiger partial charge in [-0.05, 0) is 13.3 Å². The molecule has 5 heteroatoms. The molecule has 0 amide bonds. The standard InChI is InChI=1S/C10H22O4Si/c1-6-10(8-15(11-4)12-5)14-9(3)13-7-2/h7,9-10,15H,2,6,8H2,1,3-5H3. The molecule has 0 aromatic heterocycles. The average Bonchev–Trinajstić information content (AvgIpc) is 2.24. The lowest BCUT2D eigenvalue weighted by atomic mass is 10.3. The van der Waals surface area contributed by atoms with Crippen LogP contribution in [0.5, 0.6) is 0 Å². The maximum atomic E-state index is 5.66. The highest BCUT2D eigenvalue weighted by Crippen LogP contribution is 2.12. The number of hydrogen-bond acceptors (Lipinski definition) is 4. The molecule has 0 saturated heterocycles. The molecule has 0 aromatic carbocycles. The molecule has 0 radical (unpaired) electrons. The predicted molar refractivity (Wildman–Crippen MR) is 61.9 cm³/mol. The Hall–Kier alpha value is -0.363. The zero-order valence-corrected chi connectivity index (χ0v) is 11.2. The third-order valence-corrected chi connectivity index (χ3v) is 4.07. The van der Waals surface area contributed by atoms with Crippen LogP contribution in [-0.2, 0) is 18.3 Å². The minimum absolute atomic E-state index is 0.122. The first-order valence-corrected chi connectivity index (χ1v) is 6.91. The summed E-state index contributed by atoms with van der Waals surface area (Å²) in [5.41, 5.74) is 0. The van der Waals surface area contributed by atoms with Crippen LogP contribution in [0.2, 0.25) is 6.04 Å². The van der Waals surface area contributed by atoms with E-state index in [0.29, 0.717) is 0 Å². The van der Waals surface area contributed by atoms with E-state index in [1.165, 1.54) is 6.26 Å². The summed E-state index contributed by atoms with van der Waals surface area (Å²) in [6.45, 7) is 7.40. The Labute approximate surface area is 94.0 Å². The van der Waals surface area contributed by atoms with E-state index in [1.807, 2.05) is 6.92 Å². The van der Waals surface area contributed by atoms with Gasteiger partial charge in [-0.3, -0.25) is 0 Å². The predicted octanol–water partition coefficient (Wildman–Crippen LogP) is 1.80. The van der Waals surface area contributed by atoms with Crippen molar-refractivity contribution in [2.75, 3.05) is 14.2 Å². The van der Waals surface area contributed by atoms with Crippen molar-refractivity contribution in [2.24, 2.45) is 0 Å². The molecule has 0 aromatic rings. The molecule has 0 rings (SSSR count). The van der Waals surface area contributed by atoms with Crippen molar-refractivity contribution in [1.82, 2.24) is 0 Å². The second-order valence-electron chi connectivity index (χ2n) is 3.17. The van der Waals surface area contributed by atoms with E-state index in [1.54, 1.807) is 14.2 Å². The monoisotopic (exact) mass is 234 g/mol. The molecule has 0 aliphatic carbocycles. The SMILES string of the molecule is C=COC(C)OC(CC)C[SiH](OC)OC. The van der Waals surface area contributed by atoms with E-state index in [0.717, 1.165) is 12.5 Å². The summed E-state index contributed by atoms with van der Waals surface area (Å²) in [6, 6.07) is 0.828. The van der Waals surface area contributed by atoms with Gasteiger partial charge in [-0.15, -0.1) is 0 Å². The van der Waals surface area contributed by atoms with E-state index >= 15 is 0 Å². The Kier molecular flexibility index (Phi) is 8.69. The second kappa shape index (κ2) is 8.91. The third-order valence-electron chi connectivity index (χ3n) is 2.11. The molecule has 0 spiro atoms. The highest BCUT2D eigenvalue weighted by Gasteiger charge is 2.19.